The Morgan fingerprint density at radius 1 is 1.33 bits per heavy atom. The van der Waals surface area contributed by atoms with Crippen LogP contribution in [-0.2, 0) is 6.18 Å². The van der Waals surface area contributed by atoms with E-state index in [2.05, 4.69) is 0 Å². The largest absolute Gasteiger partial charge is 0.416 e. The standard InChI is InChI=1S/C12H15F4NO/c1-2-7(6-17)11(18)9-4-3-8(13)5-10(9)12(14,15)16/h3-5,7,11,18H,2,6,17H2,1H3. The van der Waals surface area contributed by atoms with Crippen molar-refractivity contribution in [2.75, 3.05) is 6.54 Å². The number of nitrogens with two attached hydrogens (primary N) is 1. The van der Waals surface area contributed by atoms with Gasteiger partial charge in [-0.1, -0.05) is 13.0 Å². The molecule has 2 unspecified atom stereocenters. The normalized spacial score (nSPS) is 15.5. The molecule has 0 amide bonds. The summed E-state index contributed by atoms with van der Waals surface area (Å²) in [6, 6.07) is 2.25. The molecule has 1 aromatic rings. The summed E-state index contributed by atoms with van der Waals surface area (Å²) in [5, 5.41) is 9.91. The van der Waals surface area contributed by atoms with Crippen LogP contribution in [-0.4, -0.2) is 11.7 Å². The fraction of sp³-hybridized carbons (Fsp3) is 0.500. The van der Waals surface area contributed by atoms with Gasteiger partial charge in [-0.2, -0.15) is 13.2 Å². The molecular weight excluding hydrogens is 250 g/mol. The molecule has 0 radical (unpaired) electrons. The van der Waals surface area contributed by atoms with Gasteiger partial charge in [-0.15, -0.1) is 0 Å². The van der Waals surface area contributed by atoms with Crippen molar-refractivity contribution in [2.24, 2.45) is 11.7 Å². The smallest absolute Gasteiger partial charge is 0.388 e. The molecule has 1 aromatic carbocycles. The fourth-order valence-electron chi connectivity index (χ4n) is 1.80. The van der Waals surface area contributed by atoms with E-state index in [-0.39, 0.29) is 12.1 Å². The Morgan fingerprint density at radius 2 is 1.94 bits per heavy atom. The Bertz CT molecular complexity index is 402. The van der Waals surface area contributed by atoms with Crippen molar-refractivity contribution in [2.45, 2.75) is 25.6 Å². The van der Waals surface area contributed by atoms with E-state index in [1.807, 2.05) is 0 Å². The number of rotatable bonds is 4. The van der Waals surface area contributed by atoms with Crippen LogP contribution in [0.5, 0.6) is 0 Å². The van der Waals surface area contributed by atoms with Crippen molar-refractivity contribution in [1.29, 1.82) is 0 Å². The molecule has 2 nitrogen and oxygen atoms in total. The van der Waals surface area contributed by atoms with Crippen molar-refractivity contribution in [1.82, 2.24) is 0 Å². The van der Waals surface area contributed by atoms with E-state index >= 15 is 0 Å². The zero-order valence-electron chi connectivity index (χ0n) is 9.84. The van der Waals surface area contributed by atoms with Crippen molar-refractivity contribution >= 4 is 0 Å². The molecule has 0 aliphatic rings. The Morgan fingerprint density at radius 3 is 2.39 bits per heavy atom. The monoisotopic (exact) mass is 265 g/mol. The number of hydrogen-bond acceptors (Lipinski definition) is 2. The summed E-state index contributed by atoms with van der Waals surface area (Å²) in [5.74, 6) is -1.48. The second-order valence-corrected chi connectivity index (χ2v) is 4.08. The van der Waals surface area contributed by atoms with E-state index in [9.17, 15) is 22.7 Å². The van der Waals surface area contributed by atoms with Gasteiger partial charge in [-0.3, -0.25) is 0 Å². The summed E-state index contributed by atoms with van der Waals surface area (Å²) in [6.45, 7) is 1.78. The number of hydrogen-bond donors (Lipinski definition) is 2. The van der Waals surface area contributed by atoms with Gasteiger partial charge in [0, 0.05) is 5.92 Å². The van der Waals surface area contributed by atoms with E-state index in [0.717, 1.165) is 12.1 Å². The summed E-state index contributed by atoms with van der Waals surface area (Å²) in [7, 11) is 0. The second-order valence-electron chi connectivity index (χ2n) is 4.08. The minimum atomic E-state index is -4.70. The average Bonchev–Trinajstić information content (AvgIpc) is 2.29. The van der Waals surface area contributed by atoms with Crippen LogP contribution < -0.4 is 5.73 Å². The first-order valence-corrected chi connectivity index (χ1v) is 5.56. The molecule has 6 heteroatoms. The quantitative estimate of drug-likeness (QED) is 0.822. The van der Waals surface area contributed by atoms with E-state index in [1.165, 1.54) is 0 Å². The SMILES string of the molecule is CCC(CN)C(O)c1ccc(F)cc1C(F)(F)F. The van der Waals surface area contributed by atoms with Gasteiger partial charge in [0.05, 0.1) is 11.7 Å². The predicted molar refractivity (Wildman–Crippen MR) is 59.2 cm³/mol. The Balaban J connectivity index is 3.23. The van der Waals surface area contributed by atoms with Crippen LogP contribution in [0, 0.1) is 11.7 Å². The van der Waals surface area contributed by atoms with E-state index in [0.29, 0.717) is 12.5 Å². The van der Waals surface area contributed by atoms with E-state index in [4.69, 9.17) is 5.73 Å². The van der Waals surface area contributed by atoms with Gasteiger partial charge in [-0.25, -0.2) is 4.39 Å². The number of halogens is 4. The molecule has 0 heterocycles. The molecular formula is C12H15F4NO. The molecule has 0 fully saturated rings. The minimum Gasteiger partial charge on any atom is -0.388 e. The Kier molecular flexibility index (Phi) is 4.70. The first kappa shape index (κ1) is 14.9. The number of aliphatic hydroxyl groups is 1. The molecule has 0 aromatic heterocycles. The lowest BCUT2D eigenvalue weighted by molar-refractivity contribution is -0.139. The molecule has 0 aliphatic carbocycles. The Hall–Kier alpha value is -1.14. The average molecular weight is 265 g/mol. The van der Waals surface area contributed by atoms with E-state index in [1.54, 1.807) is 6.92 Å². The number of alkyl halides is 3. The number of aliphatic hydroxyl groups excluding tert-OH is 1. The van der Waals surface area contributed by atoms with Crippen molar-refractivity contribution in [3.05, 3.63) is 35.1 Å². The summed E-state index contributed by atoms with van der Waals surface area (Å²) < 4.78 is 51.2. The molecule has 3 N–H and O–H groups in total. The highest BCUT2D eigenvalue weighted by molar-refractivity contribution is 5.32. The van der Waals surface area contributed by atoms with Gasteiger partial charge in [0.15, 0.2) is 0 Å². The van der Waals surface area contributed by atoms with Crippen LogP contribution in [0.3, 0.4) is 0 Å². The lowest BCUT2D eigenvalue weighted by Crippen LogP contribution is -2.23. The van der Waals surface area contributed by atoms with Crippen LogP contribution in [0.25, 0.3) is 0 Å². The summed E-state index contributed by atoms with van der Waals surface area (Å²) in [6.07, 6.45) is -5.62. The lowest BCUT2D eigenvalue weighted by Gasteiger charge is -2.23. The van der Waals surface area contributed by atoms with Gasteiger partial charge in [-0.05, 0) is 30.7 Å². The predicted octanol–water partition coefficient (Wildman–Crippen LogP) is 2.86. The third-order valence-corrected chi connectivity index (χ3v) is 2.91. The van der Waals surface area contributed by atoms with Crippen molar-refractivity contribution in [3.63, 3.8) is 0 Å². The highest BCUT2D eigenvalue weighted by Crippen LogP contribution is 2.37. The van der Waals surface area contributed by atoms with Crippen molar-refractivity contribution in [3.8, 4) is 0 Å². The molecule has 102 valence electrons. The van der Waals surface area contributed by atoms with Gasteiger partial charge < -0.3 is 10.8 Å². The highest BCUT2D eigenvalue weighted by Gasteiger charge is 2.36. The first-order chi connectivity index (χ1) is 8.31. The van der Waals surface area contributed by atoms with Crippen molar-refractivity contribution < 1.29 is 22.7 Å². The molecule has 0 aliphatic heterocycles. The van der Waals surface area contributed by atoms with Crippen LogP contribution in [0.15, 0.2) is 18.2 Å². The van der Waals surface area contributed by atoms with E-state index < -0.39 is 29.6 Å². The van der Waals surface area contributed by atoms with Gasteiger partial charge in [0.2, 0.25) is 0 Å². The zero-order valence-corrected chi connectivity index (χ0v) is 9.84. The third kappa shape index (κ3) is 3.20. The fourth-order valence-corrected chi connectivity index (χ4v) is 1.80. The molecule has 0 saturated carbocycles. The van der Waals surface area contributed by atoms with Gasteiger partial charge in [0.1, 0.15) is 5.82 Å². The second kappa shape index (κ2) is 5.67. The van der Waals surface area contributed by atoms with Gasteiger partial charge in [0.25, 0.3) is 0 Å². The molecule has 0 spiro atoms. The highest BCUT2D eigenvalue weighted by atomic mass is 19.4. The van der Waals surface area contributed by atoms with Crippen LogP contribution in [0.2, 0.25) is 0 Å². The molecule has 0 saturated heterocycles. The molecule has 2 atom stereocenters. The molecule has 1 rings (SSSR count). The van der Waals surface area contributed by atoms with Gasteiger partial charge >= 0.3 is 6.18 Å². The topological polar surface area (TPSA) is 46.2 Å². The first-order valence-electron chi connectivity index (χ1n) is 5.56. The van der Waals surface area contributed by atoms with Crippen LogP contribution in [0.4, 0.5) is 17.6 Å². The number of benzene rings is 1. The minimum absolute atomic E-state index is 0.0618. The maximum Gasteiger partial charge on any atom is 0.416 e. The summed E-state index contributed by atoms with van der Waals surface area (Å²) in [4.78, 5) is 0. The lowest BCUT2D eigenvalue weighted by atomic mass is 9.90. The summed E-state index contributed by atoms with van der Waals surface area (Å²) >= 11 is 0. The Labute approximate surface area is 102 Å². The zero-order chi connectivity index (χ0) is 13.9. The molecule has 18 heavy (non-hydrogen) atoms. The van der Waals surface area contributed by atoms with Crippen LogP contribution in [0.1, 0.15) is 30.6 Å². The van der Waals surface area contributed by atoms with Crippen LogP contribution >= 0.6 is 0 Å². The third-order valence-electron chi connectivity index (χ3n) is 2.91. The maximum absolute atomic E-state index is 12.9. The summed E-state index contributed by atoms with van der Waals surface area (Å²) in [5.41, 5.74) is 3.91. The maximum atomic E-state index is 12.9. The molecule has 0 bridgehead atoms.